The highest BCUT2D eigenvalue weighted by molar-refractivity contribution is 5.46. The number of hydrogen-bond donors (Lipinski definition) is 1. The molecule has 90 valence electrons. The maximum Gasteiger partial charge on any atom is 0.140 e. The van der Waals surface area contributed by atoms with E-state index < -0.39 is 0 Å². The summed E-state index contributed by atoms with van der Waals surface area (Å²) in [4.78, 5) is 3.95. The highest BCUT2D eigenvalue weighted by atomic mass is 14.9. The molecule has 2 rings (SSSR count). The van der Waals surface area contributed by atoms with E-state index in [1.807, 2.05) is 18.2 Å². The molecule has 3 nitrogen and oxygen atoms in total. The zero-order chi connectivity index (χ0) is 12.8. The van der Waals surface area contributed by atoms with Gasteiger partial charge in [0.15, 0.2) is 0 Å². The molecule has 0 spiro atoms. The lowest BCUT2D eigenvalue weighted by atomic mass is 10.1. The van der Waals surface area contributed by atoms with Crippen molar-refractivity contribution < 1.29 is 0 Å². The normalized spacial score (nSPS) is 9.78. The first kappa shape index (κ1) is 12.1. The molecular formula is C15H15N3. The lowest BCUT2D eigenvalue weighted by Gasteiger charge is -2.07. The van der Waals surface area contributed by atoms with Crippen LogP contribution in [0.2, 0.25) is 0 Å². The number of benzene rings is 1. The molecule has 0 atom stereocenters. The zero-order valence-electron chi connectivity index (χ0n) is 10.4. The van der Waals surface area contributed by atoms with Gasteiger partial charge in [0.25, 0.3) is 0 Å². The fourth-order valence-electron chi connectivity index (χ4n) is 1.75. The van der Waals surface area contributed by atoms with Gasteiger partial charge >= 0.3 is 0 Å². The Balaban J connectivity index is 2.04. The number of aryl methyl sites for hydroxylation is 1. The Morgan fingerprint density at radius 2 is 2.11 bits per heavy atom. The smallest absolute Gasteiger partial charge is 0.140 e. The van der Waals surface area contributed by atoms with Crippen molar-refractivity contribution in [1.82, 2.24) is 4.98 Å². The van der Waals surface area contributed by atoms with Crippen LogP contribution in [0.4, 0.5) is 5.69 Å². The number of pyridine rings is 1. The summed E-state index contributed by atoms with van der Waals surface area (Å²) >= 11 is 0. The first-order valence-electron chi connectivity index (χ1n) is 5.99. The van der Waals surface area contributed by atoms with Crippen LogP contribution in [-0.4, -0.2) is 4.98 Å². The molecule has 0 saturated carbocycles. The van der Waals surface area contributed by atoms with Gasteiger partial charge in [-0.05, 0) is 41.8 Å². The van der Waals surface area contributed by atoms with Gasteiger partial charge in [0.05, 0.1) is 0 Å². The minimum atomic E-state index is 0.455. The average molecular weight is 237 g/mol. The predicted octanol–water partition coefficient (Wildman–Crippen LogP) is 3.13. The molecule has 1 heterocycles. The second kappa shape index (κ2) is 5.83. The van der Waals surface area contributed by atoms with Crippen LogP contribution in [0, 0.1) is 11.3 Å². The molecule has 3 heteroatoms. The summed E-state index contributed by atoms with van der Waals surface area (Å²) in [6.45, 7) is 2.84. The second-order valence-electron chi connectivity index (χ2n) is 4.07. The van der Waals surface area contributed by atoms with E-state index in [-0.39, 0.29) is 0 Å². The molecular weight excluding hydrogens is 222 g/mol. The Hall–Kier alpha value is -2.34. The van der Waals surface area contributed by atoms with Gasteiger partial charge < -0.3 is 5.32 Å². The molecule has 0 radical (unpaired) electrons. The third-order valence-electron chi connectivity index (χ3n) is 2.77. The van der Waals surface area contributed by atoms with Gasteiger partial charge in [-0.25, -0.2) is 4.98 Å². The van der Waals surface area contributed by atoms with E-state index in [0.29, 0.717) is 12.2 Å². The Labute approximate surface area is 107 Å². The van der Waals surface area contributed by atoms with Gasteiger partial charge in [-0.3, -0.25) is 0 Å². The van der Waals surface area contributed by atoms with Gasteiger partial charge in [0, 0.05) is 18.4 Å². The number of nitrogens with zero attached hydrogens (tertiary/aromatic N) is 2. The Bertz CT molecular complexity index is 570. The van der Waals surface area contributed by atoms with Gasteiger partial charge in [-0.1, -0.05) is 19.1 Å². The lowest BCUT2D eigenvalue weighted by molar-refractivity contribution is 1.10. The highest BCUT2D eigenvalue weighted by Crippen LogP contribution is 2.12. The average Bonchev–Trinajstić information content (AvgIpc) is 2.45. The van der Waals surface area contributed by atoms with Gasteiger partial charge in [-0.15, -0.1) is 0 Å². The van der Waals surface area contributed by atoms with Crippen molar-refractivity contribution in [2.75, 3.05) is 5.32 Å². The van der Waals surface area contributed by atoms with Crippen molar-refractivity contribution >= 4 is 5.69 Å². The highest BCUT2D eigenvalue weighted by Gasteiger charge is 1.97. The van der Waals surface area contributed by atoms with Crippen molar-refractivity contribution in [1.29, 1.82) is 5.26 Å². The zero-order valence-corrected chi connectivity index (χ0v) is 10.4. The standard InChI is InChI=1S/C15H15N3/c1-2-12-4-3-5-14(8-12)18-11-13-6-7-17-15(9-13)10-16/h3-9,18H,2,11H2,1H3. The van der Waals surface area contributed by atoms with E-state index in [1.165, 1.54) is 5.56 Å². The van der Waals surface area contributed by atoms with Crippen molar-refractivity contribution in [2.45, 2.75) is 19.9 Å². The van der Waals surface area contributed by atoms with Crippen LogP contribution in [-0.2, 0) is 13.0 Å². The summed E-state index contributed by atoms with van der Waals surface area (Å²) in [5.41, 5.74) is 3.93. The molecule has 0 saturated heterocycles. The molecule has 0 fully saturated rings. The van der Waals surface area contributed by atoms with E-state index in [4.69, 9.17) is 5.26 Å². The molecule has 1 aromatic carbocycles. The van der Waals surface area contributed by atoms with Crippen LogP contribution < -0.4 is 5.32 Å². The SMILES string of the molecule is CCc1cccc(NCc2ccnc(C#N)c2)c1. The Kier molecular flexibility index (Phi) is 3.93. The van der Waals surface area contributed by atoms with E-state index >= 15 is 0 Å². The molecule has 1 N–H and O–H groups in total. The topological polar surface area (TPSA) is 48.7 Å². The maximum atomic E-state index is 8.78. The van der Waals surface area contributed by atoms with Crippen LogP contribution in [0.1, 0.15) is 23.7 Å². The first-order chi connectivity index (χ1) is 8.81. The van der Waals surface area contributed by atoms with Crippen molar-refractivity contribution in [2.24, 2.45) is 0 Å². The monoisotopic (exact) mass is 237 g/mol. The molecule has 0 bridgehead atoms. The second-order valence-corrected chi connectivity index (χ2v) is 4.07. The van der Waals surface area contributed by atoms with E-state index in [0.717, 1.165) is 17.7 Å². The fourth-order valence-corrected chi connectivity index (χ4v) is 1.75. The summed E-state index contributed by atoms with van der Waals surface area (Å²) in [6, 6.07) is 14.1. The van der Waals surface area contributed by atoms with Crippen molar-refractivity contribution in [3.63, 3.8) is 0 Å². The molecule has 0 unspecified atom stereocenters. The molecule has 0 aliphatic heterocycles. The number of aromatic nitrogens is 1. The summed E-state index contributed by atoms with van der Waals surface area (Å²) < 4.78 is 0. The van der Waals surface area contributed by atoms with E-state index in [2.05, 4.69) is 35.4 Å². The molecule has 0 aliphatic rings. The minimum Gasteiger partial charge on any atom is -0.381 e. The quantitative estimate of drug-likeness (QED) is 0.888. The summed E-state index contributed by atoms with van der Waals surface area (Å²) in [5, 5.41) is 12.1. The molecule has 18 heavy (non-hydrogen) atoms. The summed E-state index contributed by atoms with van der Waals surface area (Å²) in [7, 11) is 0. The van der Waals surface area contributed by atoms with E-state index in [9.17, 15) is 0 Å². The van der Waals surface area contributed by atoms with Crippen LogP contribution in [0.5, 0.6) is 0 Å². The Morgan fingerprint density at radius 3 is 2.89 bits per heavy atom. The van der Waals surface area contributed by atoms with Gasteiger partial charge in [0.2, 0.25) is 0 Å². The number of rotatable bonds is 4. The van der Waals surface area contributed by atoms with Gasteiger partial charge in [-0.2, -0.15) is 5.26 Å². The fraction of sp³-hybridized carbons (Fsp3) is 0.200. The van der Waals surface area contributed by atoms with Crippen LogP contribution in [0.25, 0.3) is 0 Å². The number of nitrogens with one attached hydrogen (secondary N) is 1. The maximum absolute atomic E-state index is 8.78. The molecule has 0 amide bonds. The first-order valence-corrected chi connectivity index (χ1v) is 5.99. The van der Waals surface area contributed by atoms with Gasteiger partial charge in [0.1, 0.15) is 11.8 Å². The molecule has 1 aromatic heterocycles. The van der Waals surface area contributed by atoms with Crippen LogP contribution in [0.15, 0.2) is 42.6 Å². The third-order valence-corrected chi connectivity index (χ3v) is 2.77. The number of hydrogen-bond acceptors (Lipinski definition) is 3. The van der Waals surface area contributed by atoms with Crippen molar-refractivity contribution in [3.8, 4) is 6.07 Å². The third kappa shape index (κ3) is 3.08. The number of anilines is 1. The van der Waals surface area contributed by atoms with Crippen LogP contribution >= 0.6 is 0 Å². The molecule has 2 aromatic rings. The largest absolute Gasteiger partial charge is 0.381 e. The Morgan fingerprint density at radius 1 is 1.22 bits per heavy atom. The summed E-state index contributed by atoms with van der Waals surface area (Å²) in [6.07, 6.45) is 2.70. The van der Waals surface area contributed by atoms with E-state index in [1.54, 1.807) is 12.3 Å². The predicted molar refractivity (Wildman–Crippen MR) is 72.1 cm³/mol. The number of nitriles is 1. The minimum absolute atomic E-state index is 0.455. The molecule has 0 aliphatic carbocycles. The van der Waals surface area contributed by atoms with Crippen molar-refractivity contribution in [3.05, 3.63) is 59.4 Å². The lowest BCUT2D eigenvalue weighted by Crippen LogP contribution is -2.00. The summed E-state index contributed by atoms with van der Waals surface area (Å²) in [5.74, 6) is 0. The van der Waals surface area contributed by atoms with Crippen LogP contribution in [0.3, 0.4) is 0 Å².